The average molecular weight is 528 g/mol. The zero-order chi connectivity index (χ0) is 26.8. The van der Waals surface area contributed by atoms with Crippen molar-refractivity contribution in [3.8, 4) is 11.3 Å². The van der Waals surface area contributed by atoms with E-state index in [2.05, 4.69) is 15.1 Å². The Morgan fingerprint density at radius 2 is 1.89 bits per heavy atom. The maximum absolute atomic E-state index is 15.1. The zero-order valence-corrected chi connectivity index (χ0v) is 20.8. The molecule has 38 heavy (non-hydrogen) atoms. The number of aromatic nitrogens is 5. The molecule has 198 valence electrons. The Morgan fingerprint density at radius 1 is 1.11 bits per heavy atom. The van der Waals surface area contributed by atoms with Gasteiger partial charge in [0.05, 0.1) is 29.6 Å². The molecule has 4 aromatic rings. The summed E-state index contributed by atoms with van der Waals surface area (Å²) in [4.78, 5) is 22.5. The first kappa shape index (κ1) is 24.7. The smallest absolute Gasteiger partial charge is 0.373 e. The number of fused-ring (bicyclic) bond motifs is 1. The van der Waals surface area contributed by atoms with Crippen LogP contribution in [0.3, 0.4) is 0 Å². The molecule has 4 heterocycles. The molecule has 0 bridgehead atoms. The highest BCUT2D eigenvalue weighted by atomic mass is 19.4. The molecule has 7 nitrogen and oxygen atoms in total. The molecule has 11 heteroatoms. The molecule has 0 N–H and O–H groups in total. The van der Waals surface area contributed by atoms with Gasteiger partial charge in [-0.2, -0.15) is 18.3 Å². The van der Waals surface area contributed by atoms with Crippen LogP contribution < -0.4 is 5.56 Å². The van der Waals surface area contributed by atoms with Gasteiger partial charge < -0.3 is 9.30 Å². The molecule has 3 aromatic heterocycles. The summed E-state index contributed by atoms with van der Waals surface area (Å²) in [7, 11) is 1.61. The van der Waals surface area contributed by atoms with E-state index in [1.807, 2.05) is 10.9 Å². The summed E-state index contributed by atoms with van der Waals surface area (Å²) < 4.78 is 64.1. The predicted octanol–water partition coefficient (Wildman–Crippen LogP) is 5.63. The fraction of sp³-hybridized carbons (Fsp3) is 0.407. The molecule has 0 spiro atoms. The van der Waals surface area contributed by atoms with Crippen LogP contribution in [0.5, 0.6) is 0 Å². The summed E-state index contributed by atoms with van der Waals surface area (Å²) in [6.45, 7) is 2.15. The van der Waals surface area contributed by atoms with Gasteiger partial charge in [-0.3, -0.25) is 9.48 Å². The van der Waals surface area contributed by atoms with Crippen LogP contribution in [0.25, 0.3) is 22.2 Å². The molecule has 2 aliphatic rings. The highest BCUT2D eigenvalue weighted by Crippen LogP contribution is 2.40. The quantitative estimate of drug-likeness (QED) is 0.322. The summed E-state index contributed by atoms with van der Waals surface area (Å²) in [6, 6.07) is 4.44. The molecule has 1 saturated carbocycles. The Labute approximate surface area is 215 Å². The van der Waals surface area contributed by atoms with Gasteiger partial charge >= 0.3 is 6.18 Å². The van der Waals surface area contributed by atoms with Gasteiger partial charge in [0.25, 0.3) is 5.56 Å². The largest absolute Gasteiger partial charge is 0.416 e. The van der Waals surface area contributed by atoms with Crippen LogP contribution in [0.1, 0.15) is 66.4 Å². The lowest BCUT2D eigenvalue weighted by Crippen LogP contribution is -2.23. The summed E-state index contributed by atoms with van der Waals surface area (Å²) in [5.74, 6) is -0.929. The maximum Gasteiger partial charge on any atom is 0.416 e. The molecule has 2 fully saturated rings. The van der Waals surface area contributed by atoms with Crippen molar-refractivity contribution in [2.24, 2.45) is 7.05 Å². The number of hydrogen-bond donors (Lipinski definition) is 0. The third kappa shape index (κ3) is 4.38. The first-order valence-corrected chi connectivity index (χ1v) is 12.5. The molecular formula is C27H25F4N5O2. The van der Waals surface area contributed by atoms with Crippen molar-refractivity contribution in [3.63, 3.8) is 0 Å². The number of pyridine rings is 1. The van der Waals surface area contributed by atoms with E-state index in [0.717, 1.165) is 30.5 Å². The molecule has 0 amide bonds. The van der Waals surface area contributed by atoms with E-state index in [0.29, 0.717) is 48.5 Å². The topological polar surface area (TPSA) is 74.8 Å². The number of alkyl halides is 3. The first-order valence-electron chi connectivity index (χ1n) is 12.5. The lowest BCUT2D eigenvalue weighted by Gasteiger charge is -2.28. The zero-order valence-electron chi connectivity index (χ0n) is 20.8. The third-order valence-electron chi connectivity index (χ3n) is 7.47. The number of benzene rings is 1. The molecule has 1 aliphatic heterocycles. The highest BCUT2D eigenvalue weighted by molar-refractivity contribution is 5.92. The summed E-state index contributed by atoms with van der Waals surface area (Å²) in [5.41, 5.74) is 0.140. The van der Waals surface area contributed by atoms with Gasteiger partial charge in [0, 0.05) is 48.0 Å². The van der Waals surface area contributed by atoms with E-state index < -0.39 is 17.6 Å². The normalized spacial score (nSPS) is 20.3. The van der Waals surface area contributed by atoms with Crippen molar-refractivity contribution in [2.45, 2.75) is 56.8 Å². The second-order valence-corrected chi connectivity index (χ2v) is 10.1. The van der Waals surface area contributed by atoms with E-state index >= 15 is 4.39 Å². The minimum atomic E-state index is -4.69. The summed E-state index contributed by atoms with van der Waals surface area (Å²) in [5, 5.41) is 4.74. The van der Waals surface area contributed by atoms with Crippen LogP contribution >= 0.6 is 0 Å². The molecular weight excluding hydrogens is 502 g/mol. The molecule has 2 atom stereocenters. The third-order valence-corrected chi connectivity index (χ3v) is 7.47. The van der Waals surface area contributed by atoms with Crippen molar-refractivity contribution >= 4 is 10.9 Å². The van der Waals surface area contributed by atoms with Crippen molar-refractivity contribution in [1.82, 2.24) is 24.3 Å². The number of halogens is 4. The number of aryl methyl sites for hydroxylation is 1. The number of hydrogen-bond acceptors (Lipinski definition) is 5. The van der Waals surface area contributed by atoms with E-state index in [1.54, 1.807) is 26.2 Å². The molecule has 1 saturated heterocycles. The standard InChI is InChI=1S/C27H25F4N5O2/c1-14-9-20-23(19-6-3-17(11-21(19)28)27(29,30)31)33-25(34-24(20)26(37)35(14)2)15-7-8-38-22(10-15)16-12-32-36(13-16)18-4-5-18/h3,6,9,11-13,15,18,22H,4-5,7-8,10H2,1-2H3/t15-,22+/m0/s1. The lowest BCUT2D eigenvalue weighted by molar-refractivity contribution is -0.137. The van der Waals surface area contributed by atoms with E-state index in [9.17, 15) is 18.0 Å². The summed E-state index contributed by atoms with van der Waals surface area (Å²) >= 11 is 0. The number of nitrogens with zero attached hydrogens (tertiary/aromatic N) is 5. The Kier molecular flexibility index (Phi) is 5.86. The minimum Gasteiger partial charge on any atom is -0.373 e. The van der Waals surface area contributed by atoms with Gasteiger partial charge in [-0.15, -0.1) is 0 Å². The second-order valence-electron chi connectivity index (χ2n) is 10.1. The van der Waals surface area contributed by atoms with Crippen LogP contribution in [0.15, 0.2) is 41.5 Å². The van der Waals surface area contributed by atoms with Crippen LogP contribution in [0.2, 0.25) is 0 Å². The fourth-order valence-corrected chi connectivity index (χ4v) is 5.00. The first-order chi connectivity index (χ1) is 18.1. The van der Waals surface area contributed by atoms with Crippen LogP contribution in [0.4, 0.5) is 17.6 Å². The Morgan fingerprint density at radius 3 is 2.61 bits per heavy atom. The van der Waals surface area contributed by atoms with Gasteiger partial charge in [-0.25, -0.2) is 14.4 Å². The molecule has 6 rings (SSSR count). The van der Waals surface area contributed by atoms with Crippen molar-refractivity contribution in [2.75, 3.05) is 6.61 Å². The fourth-order valence-electron chi connectivity index (χ4n) is 5.00. The van der Waals surface area contributed by atoms with Crippen molar-refractivity contribution in [1.29, 1.82) is 0 Å². The van der Waals surface area contributed by atoms with Crippen molar-refractivity contribution in [3.05, 3.63) is 75.5 Å². The molecule has 1 aliphatic carbocycles. The minimum absolute atomic E-state index is 0.0987. The van der Waals surface area contributed by atoms with Gasteiger partial charge in [-0.05, 0) is 56.9 Å². The molecule has 0 unspecified atom stereocenters. The Hall–Kier alpha value is -3.60. The molecule has 1 aromatic carbocycles. The van der Waals surface area contributed by atoms with E-state index in [4.69, 9.17) is 4.74 Å². The monoisotopic (exact) mass is 527 g/mol. The highest BCUT2D eigenvalue weighted by Gasteiger charge is 2.33. The number of rotatable bonds is 4. The van der Waals surface area contributed by atoms with Gasteiger partial charge in [0.15, 0.2) is 0 Å². The van der Waals surface area contributed by atoms with E-state index in [-0.39, 0.29) is 34.4 Å². The Balaban J connectivity index is 1.45. The SMILES string of the molecule is Cc1cc2c(-c3ccc(C(F)(F)F)cc3F)nc([C@H]3CCO[C@@H](c4cnn(C5CC5)c4)C3)nc2c(=O)n1C. The van der Waals surface area contributed by atoms with Crippen LogP contribution in [-0.4, -0.2) is 30.9 Å². The Bertz CT molecular complexity index is 1610. The van der Waals surface area contributed by atoms with Crippen LogP contribution in [0, 0.1) is 12.7 Å². The van der Waals surface area contributed by atoms with E-state index in [1.165, 1.54) is 4.57 Å². The predicted molar refractivity (Wildman–Crippen MR) is 131 cm³/mol. The average Bonchev–Trinajstić information content (AvgIpc) is 3.63. The maximum atomic E-state index is 15.1. The van der Waals surface area contributed by atoms with Crippen molar-refractivity contribution < 1.29 is 22.3 Å². The van der Waals surface area contributed by atoms with Crippen LogP contribution in [-0.2, 0) is 18.0 Å². The summed E-state index contributed by atoms with van der Waals surface area (Å²) in [6.07, 6.45) is 2.20. The second kappa shape index (κ2) is 9.00. The molecule has 0 radical (unpaired) electrons. The number of ether oxygens (including phenoxy) is 1. The van der Waals surface area contributed by atoms with Gasteiger partial charge in [-0.1, -0.05) is 0 Å². The lowest BCUT2D eigenvalue weighted by atomic mass is 9.92. The van der Waals surface area contributed by atoms with Gasteiger partial charge in [0.1, 0.15) is 17.2 Å². The van der Waals surface area contributed by atoms with Gasteiger partial charge in [0.2, 0.25) is 0 Å².